The van der Waals surface area contributed by atoms with Gasteiger partial charge in [-0.2, -0.15) is 17.6 Å². The maximum atomic E-state index is 13.3. The number of phenolic OH excluding ortho intramolecular Hbond substituents is 1. The van der Waals surface area contributed by atoms with Crippen LogP contribution in [-0.4, -0.2) is 90.3 Å². The van der Waals surface area contributed by atoms with E-state index in [1.165, 1.54) is 18.3 Å². The molecular formula is C28H28F4N4O6. The number of ether oxygens (including phenoxy) is 1. The molecule has 42 heavy (non-hydrogen) atoms. The molecule has 2 aliphatic rings. The summed E-state index contributed by atoms with van der Waals surface area (Å²) >= 11 is 0. The van der Waals surface area contributed by atoms with Gasteiger partial charge in [0.25, 0.3) is 0 Å². The molecule has 0 amide bonds. The summed E-state index contributed by atoms with van der Waals surface area (Å²) < 4.78 is 59.6. The van der Waals surface area contributed by atoms with Crippen molar-refractivity contribution in [3.63, 3.8) is 0 Å². The Balaban J connectivity index is 1.77. The first-order valence-electron chi connectivity index (χ1n) is 12.9. The van der Waals surface area contributed by atoms with E-state index in [2.05, 4.69) is 4.99 Å². The van der Waals surface area contributed by atoms with Gasteiger partial charge in [-0.25, -0.2) is 0 Å². The molecule has 1 spiro atoms. The largest absolute Gasteiger partial charge is 0.508 e. The van der Waals surface area contributed by atoms with Crippen LogP contribution < -0.4 is 9.64 Å². The van der Waals surface area contributed by atoms with Crippen LogP contribution in [-0.2, 0) is 31.1 Å². The Labute approximate surface area is 238 Å². The minimum absolute atomic E-state index is 0.00854. The summed E-state index contributed by atoms with van der Waals surface area (Å²) in [6, 6.07) is 2.69. The Bertz CT molecular complexity index is 1420. The number of hydrogen-bond donors (Lipinski definition) is 1. The standard InChI is InChI=1S/C28H28F4N4O6/c1-27(2)19-5-3-4-6-21(19)36(8-7-34(12-22(29)38)13-23(30)39)28(27)16-33-20-10-18(37)9-17(26(20)42-28)11-35(14-24(31)40)15-25(32)41/h3-6,9-10,16,37H,7-8,11-15H2,1-2H3. The van der Waals surface area contributed by atoms with Crippen molar-refractivity contribution < 1.29 is 46.6 Å². The van der Waals surface area contributed by atoms with E-state index in [4.69, 9.17) is 4.74 Å². The molecule has 2 aromatic rings. The van der Waals surface area contributed by atoms with Crippen molar-refractivity contribution in [3.05, 3.63) is 47.5 Å². The molecule has 224 valence electrons. The van der Waals surface area contributed by atoms with Gasteiger partial charge in [0.15, 0.2) is 5.75 Å². The Morgan fingerprint density at radius 1 is 0.905 bits per heavy atom. The van der Waals surface area contributed by atoms with Gasteiger partial charge in [-0.1, -0.05) is 18.2 Å². The number of aliphatic imine (C=N–C) groups is 1. The van der Waals surface area contributed by atoms with Crippen molar-refractivity contribution in [2.24, 2.45) is 4.99 Å². The predicted octanol–water partition coefficient (Wildman–Crippen LogP) is 3.07. The van der Waals surface area contributed by atoms with Crippen LogP contribution >= 0.6 is 0 Å². The zero-order valence-electron chi connectivity index (χ0n) is 22.8. The summed E-state index contributed by atoms with van der Waals surface area (Å²) in [7, 11) is 0. The summed E-state index contributed by atoms with van der Waals surface area (Å²) in [4.78, 5) is 52.8. The topological polar surface area (TPSA) is 120 Å². The summed E-state index contributed by atoms with van der Waals surface area (Å²) in [6.07, 6.45) is 1.50. The fourth-order valence-electron chi connectivity index (χ4n) is 5.54. The molecule has 4 rings (SSSR count). The summed E-state index contributed by atoms with van der Waals surface area (Å²) in [5.41, 5.74) is -0.473. The van der Waals surface area contributed by atoms with E-state index in [0.29, 0.717) is 5.69 Å². The van der Waals surface area contributed by atoms with Crippen LogP contribution in [0.15, 0.2) is 41.4 Å². The average molecular weight is 593 g/mol. The first-order chi connectivity index (χ1) is 19.7. The molecule has 2 heterocycles. The monoisotopic (exact) mass is 592 g/mol. The SMILES string of the molecule is CC1(C)c2ccccc2N(CCN(CC(=O)F)CC(=O)F)C12C=Nc1cc(O)cc(CN(CC(=O)F)CC(=O)F)c1O2. The van der Waals surface area contributed by atoms with Gasteiger partial charge in [0.05, 0.1) is 37.8 Å². The number of carbonyl (C=O) groups is 4. The molecular weight excluding hydrogens is 564 g/mol. The van der Waals surface area contributed by atoms with Crippen LogP contribution in [0.5, 0.6) is 11.5 Å². The van der Waals surface area contributed by atoms with E-state index >= 15 is 0 Å². The van der Waals surface area contributed by atoms with E-state index in [1.807, 2.05) is 26.0 Å². The molecule has 0 saturated carbocycles. The molecule has 10 nitrogen and oxygen atoms in total. The lowest BCUT2D eigenvalue weighted by atomic mass is 9.77. The molecule has 0 saturated heterocycles. The molecule has 1 N–H and O–H groups in total. The average Bonchev–Trinajstić information content (AvgIpc) is 3.04. The van der Waals surface area contributed by atoms with Crippen LogP contribution in [0, 0.1) is 0 Å². The van der Waals surface area contributed by atoms with Crippen LogP contribution in [0.25, 0.3) is 0 Å². The van der Waals surface area contributed by atoms with Crippen molar-refractivity contribution in [3.8, 4) is 11.5 Å². The number of aromatic hydroxyl groups is 1. The maximum Gasteiger partial charge on any atom is 0.315 e. The molecule has 0 aliphatic carbocycles. The number of rotatable bonds is 13. The number of phenols is 1. The lowest BCUT2D eigenvalue weighted by Crippen LogP contribution is -2.63. The second kappa shape index (κ2) is 12.0. The van der Waals surface area contributed by atoms with Gasteiger partial charge >= 0.3 is 24.1 Å². The molecule has 2 aliphatic heterocycles. The second-order valence-electron chi connectivity index (χ2n) is 10.6. The molecule has 0 radical (unpaired) electrons. The van der Waals surface area contributed by atoms with Crippen molar-refractivity contribution in [2.45, 2.75) is 31.5 Å². The maximum absolute atomic E-state index is 13.3. The highest BCUT2D eigenvalue weighted by molar-refractivity contribution is 5.89. The van der Waals surface area contributed by atoms with E-state index in [1.54, 1.807) is 17.0 Å². The van der Waals surface area contributed by atoms with Crippen molar-refractivity contribution in [1.29, 1.82) is 0 Å². The van der Waals surface area contributed by atoms with Crippen LogP contribution in [0.1, 0.15) is 25.0 Å². The molecule has 2 aromatic carbocycles. The Hall–Kier alpha value is -4.17. The smallest absolute Gasteiger partial charge is 0.315 e. The number of nitrogens with zero attached hydrogens (tertiary/aromatic N) is 4. The van der Waals surface area contributed by atoms with Crippen molar-refractivity contribution in [1.82, 2.24) is 9.80 Å². The first kappa shape index (κ1) is 30.8. The number of hydrogen-bond acceptors (Lipinski definition) is 10. The Morgan fingerprint density at radius 2 is 1.48 bits per heavy atom. The molecule has 1 atom stereocenters. The van der Waals surface area contributed by atoms with Gasteiger partial charge in [0, 0.05) is 37.0 Å². The minimum Gasteiger partial charge on any atom is -0.508 e. The molecule has 0 bridgehead atoms. The second-order valence-corrected chi connectivity index (χ2v) is 10.6. The van der Waals surface area contributed by atoms with Crippen molar-refractivity contribution >= 4 is 41.7 Å². The van der Waals surface area contributed by atoms with Crippen LogP contribution in [0.2, 0.25) is 0 Å². The number of carbonyl (C=O) groups excluding carboxylic acids is 4. The van der Waals surface area contributed by atoms with Gasteiger partial charge in [-0.05, 0) is 31.5 Å². The molecule has 14 heteroatoms. The van der Waals surface area contributed by atoms with E-state index in [-0.39, 0.29) is 42.4 Å². The number of benzene rings is 2. The molecule has 0 aromatic heterocycles. The highest BCUT2D eigenvalue weighted by Crippen LogP contribution is 2.55. The minimum atomic E-state index is -1.80. The van der Waals surface area contributed by atoms with Crippen molar-refractivity contribution in [2.75, 3.05) is 44.2 Å². The Morgan fingerprint density at radius 3 is 2.07 bits per heavy atom. The predicted molar refractivity (Wildman–Crippen MR) is 143 cm³/mol. The summed E-state index contributed by atoms with van der Waals surface area (Å²) in [5, 5.41) is 10.3. The van der Waals surface area contributed by atoms with Gasteiger partial charge in [0.2, 0.25) is 5.72 Å². The number of halogens is 4. The third kappa shape index (κ3) is 6.19. The zero-order chi connectivity index (χ0) is 30.8. The fraction of sp³-hybridized carbons (Fsp3) is 0.393. The summed E-state index contributed by atoms with van der Waals surface area (Å²) in [6.45, 7) is -0.157. The lowest BCUT2D eigenvalue weighted by Gasteiger charge is -2.47. The molecule has 1 unspecified atom stereocenters. The Kier molecular flexibility index (Phi) is 8.78. The number of anilines is 1. The highest BCUT2D eigenvalue weighted by Gasteiger charge is 2.59. The van der Waals surface area contributed by atoms with Crippen LogP contribution in [0.3, 0.4) is 0 Å². The normalized spacial score (nSPS) is 18.2. The first-order valence-corrected chi connectivity index (χ1v) is 12.9. The van der Waals surface area contributed by atoms with Gasteiger partial charge in [0.1, 0.15) is 11.4 Å². The fourth-order valence-corrected chi connectivity index (χ4v) is 5.54. The quantitative estimate of drug-likeness (QED) is 0.277. The van der Waals surface area contributed by atoms with Gasteiger partial charge in [-0.15, -0.1) is 0 Å². The van der Waals surface area contributed by atoms with Gasteiger partial charge < -0.3 is 14.7 Å². The van der Waals surface area contributed by atoms with Crippen LogP contribution in [0.4, 0.5) is 28.9 Å². The lowest BCUT2D eigenvalue weighted by molar-refractivity contribution is -0.135. The highest BCUT2D eigenvalue weighted by atomic mass is 19.1. The summed E-state index contributed by atoms with van der Waals surface area (Å²) in [5.74, 6) is -0.162. The third-order valence-corrected chi connectivity index (χ3v) is 7.36. The number of fused-ring (bicyclic) bond motifs is 2. The van der Waals surface area contributed by atoms with E-state index in [0.717, 1.165) is 15.4 Å². The number of para-hydroxylation sites is 1. The zero-order valence-corrected chi connectivity index (χ0v) is 22.8. The van der Waals surface area contributed by atoms with E-state index in [9.17, 15) is 41.8 Å². The third-order valence-electron chi connectivity index (χ3n) is 7.36. The van der Waals surface area contributed by atoms with Gasteiger partial charge in [-0.3, -0.25) is 34.0 Å². The van der Waals surface area contributed by atoms with E-state index < -0.39 is 61.5 Å². The molecule has 0 fully saturated rings.